The molecule has 23 heavy (non-hydrogen) atoms. The Labute approximate surface area is 127 Å². The van der Waals surface area contributed by atoms with E-state index in [-0.39, 0.29) is 11.4 Å². The first kappa shape index (κ1) is 16.5. The van der Waals surface area contributed by atoms with E-state index in [1.807, 2.05) is 0 Å². The SMILES string of the molecule is [C-]#[N+]c1cc(Oc2c(C(C)(F)F)nc[nH]c2=O)cc(C(F)F)c1. The molecule has 0 bridgehead atoms. The number of halogens is 4. The van der Waals surface area contributed by atoms with Crippen molar-refractivity contribution >= 4 is 5.69 Å². The largest absolute Gasteiger partial charge is 0.451 e. The molecule has 5 nitrogen and oxygen atoms in total. The Balaban J connectivity index is 2.55. The van der Waals surface area contributed by atoms with Gasteiger partial charge in [0.1, 0.15) is 5.75 Å². The Morgan fingerprint density at radius 3 is 2.61 bits per heavy atom. The van der Waals surface area contributed by atoms with Crippen molar-refractivity contribution < 1.29 is 22.3 Å². The number of nitrogens with zero attached hydrogens (tertiary/aromatic N) is 2. The van der Waals surface area contributed by atoms with Gasteiger partial charge in [0, 0.05) is 12.5 Å². The van der Waals surface area contributed by atoms with Crippen LogP contribution in [0.4, 0.5) is 23.2 Å². The summed E-state index contributed by atoms with van der Waals surface area (Å²) in [6, 6.07) is 2.86. The minimum Gasteiger partial charge on any atom is -0.451 e. The molecule has 0 amide bonds. The van der Waals surface area contributed by atoms with E-state index in [4.69, 9.17) is 11.3 Å². The highest BCUT2D eigenvalue weighted by atomic mass is 19.3. The van der Waals surface area contributed by atoms with E-state index in [0.717, 1.165) is 24.5 Å². The van der Waals surface area contributed by atoms with Gasteiger partial charge in [-0.15, -0.1) is 0 Å². The zero-order valence-electron chi connectivity index (χ0n) is 11.6. The van der Waals surface area contributed by atoms with Crippen LogP contribution in [0, 0.1) is 6.57 Å². The van der Waals surface area contributed by atoms with Crippen molar-refractivity contribution in [2.24, 2.45) is 0 Å². The molecule has 9 heteroatoms. The fraction of sp³-hybridized carbons (Fsp3) is 0.214. The molecule has 0 unspecified atom stereocenters. The highest BCUT2D eigenvalue weighted by molar-refractivity contribution is 5.53. The van der Waals surface area contributed by atoms with Crippen LogP contribution < -0.4 is 10.3 Å². The van der Waals surface area contributed by atoms with Crippen molar-refractivity contribution in [3.8, 4) is 11.5 Å². The minimum absolute atomic E-state index is 0.178. The van der Waals surface area contributed by atoms with Crippen molar-refractivity contribution in [2.75, 3.05) is 0 Å². The zero-order chi connectivity index (χ0) is 17.2. The van der Waals surface area contributed by atoms with E-state index in [2.05, 4.69) is 14.8 Å². The Kier molecular flexibility index (Phi) is 4.36. The summed E-state index contributed by atoms with van der Waals surface area (Å²) in [4.78, 5) is 20.1. The Hall–Kier alpha value is -2.89. The molecule has 2 aromatic rings. The molecular weight excluding hydrogens is 318 g/mol. The van der Waals surface area contributed by atoms with Crippen LogP contribution in [0.5, 0.6) is 11.5 Å². The maximum atomic E-state index is 13.5. The molecule has 0 fully saturated rings. The predicted octanol–water partition coefficient (Wildman–Crippen LogP) is 4.16. The molecule has 0 radical (unpaired) electrons. The fourth-order valence-corrected chi connectivity index (χ4v) is 1.77. The molecule has 0 aliphatic carbocycles. The molecule has 0 atom stereocenters. The lowest BCUT2D eigenvalue weighted by atomic mass is 10.2. The van der Waals surface area contributed by atoms with Crippen LogP contribution >= 0.6 is 0 Å². The molecule has 0 saturated carbocycles. The van der Waals surface area contributed by atoms with Crippen LogP contribution in [0.1, 0.15) is 24.6 Å². The first-order chi connectivity index (χ1) is 10.7. The molecule has 2 rings (SSSR count). The number of H-pyrrole nitrogens is 1. The van der Waals surface area contributed by atoms with E-state index in [0.29, 0.717) is 6.92 Å². The number of benzene rings is 1. The standard InChI is InChI=1S/C14H9F4N3O2/c1-14(17,18)11-10(13(22)21-6-20-11)23-9-4-7(12(15)16)3-8(5-9)19-2/h3-6,12H,1H3,(H,20,21,22). The average Bonchev–Trinajstić information content (AvgIpc) is 2.47. The van der Waals surface area contributed by atoms with Crippen LogP contribution in [0.2, 0.25) is 0 Å². The third kappa shape index (κ3) is 3.66. The van der Waals surface area contributed by atoms with Crippen molar-refractivity contribution in [3.63, 3.8) is 0 Å². The van der Waals surface area contributed by atoms with Crippen LogP contribution in [-0.4, -0.2) is 9.97 Å². The summed E-state index contributed by atoms with van der Waals surface area (Å²) >= 11 is 0. The van der Waals surface area contributed by atoms with Crippen molar-refractivity contribution in [2.45, 2.75) is 19.3 Å². The van der Waals surface area contributed by atoms with Crippen molar-refractivity contribution in [1.29, 1.82) is 0 Å². The second-order valence-electron chi connectivity index (χ2n) is 4.57. The minimum atomic E-state index is -3.48. The maximum Gasteiger partial charge on any atom is 0.294 e. The van der Waals surface area contributed by atoms with E-state index in [9.17, 15) is 22.4 Å². The summed E-state index contributed by atoms with van der Waals surface area (Å²) in [5, 5.41) is 0. The number of aromatic nitrogens is 2. The zero-order valence-corrected chi connectivity index (χ0v) is 11.6. The topological polar surface area (TPSA) is 59.3 Å². The highest BCUT2D eigenvalue weighted by Crippen LogP contribution is 2.35. The normalized spacial score (nSPS) is 11.3. The van der Waals surface area contributed by atoms with E-state index >= 15 is 0 Å². The lowest BCUT2D eigenvalue weighted by Gasteiger charge is -2.14. The summed E-state index contributed by atoms with van der Waals surface area (Å²) in [6.45, 7) is 7.38. The van der Waals surface area contributed by atoms with Crippen LogP contribution in [0.3, 0.4) is 0 Å². The molecular formula is C14H9F4N3O2. The van der Waals surface area contributed by atoms with Gasteiger partial charge in [-0.05, 0) is 18.2 Å². The number of ether oxygens (including phenoxy) is 1. The molecule has 1 heterocycles. The Morgan fingerprint density at radius 2 is 2.04 bits per heavy atom. The summed E-state index contributed by atoms with van der Waals surface area (Å²) in [7, 11) is 0. The predicted molar refractivity (Wildman–Crippen MR) is 72.2 cm³/mol. The van der Waals surface area contributed by atoms with E-state index < -0.39 is 34.9 Å². The Morgan fingerprint density at radius 1 is 1.35 bits per heavy atom. The van der Waals surface area contributed by atoms with Gasteiger partial charge in [-0.25, -0.2) is 18.6 Å². The van der Waals surface area contributed by atoms with E-state index in [1.54, 1.807) is 0 Å². The van der Waals surface area contributed by atoms with Gasteiger partial charge in [-0.1, -0.05) is 0 Å². The van der Waals surface area contributed by atoms with Gasteiger partial charge >= 0.3 is 0 Å². The van der Waals surface area contributed by atoms with Gasteiger partial charge in [0.15, 0.2) is 11.4 Å². The van der Waals surface area contributed by atoms with Gasteiger partial charge < -0.3 is 9.72 Å². The first-order valence-corrected chi connectivity index (χ1v) is 6.17. The molecule has 120 valence electrons. The average molecular weight is 327 g/mol. The number of aromatic amines is 1. The quantitative estimate of drug-likeness (QED) is 0.677. The van der Waals surface area contributed by atoms with Crippen LogP contribution in [0.25, 0.3) is 4.85 Å². The van der Waals surface area contributed by atoms with Crippen LogP contribution in [0.15, 0.2) is 29.3 Å². The molecule has 0 aliphatic heterocycles. The second kappa shape index (κ2) is 6.08. The smallest absolute Gasteiger partial charge is 0.294 e. The summed E-state index contributed by atoms with van der Waals surface area (Å²) in [5.74, 6) is -4.63. The molecule has 1 aromatic heterocycles. The van der Waals surface area contributed by atoms with Gasteiger partial charge in [0.2, 0.25) is 5.75 Å². The monoisotopic (exact) mass is 327 g/mol. The molecule has 1 aromatic carbocycles. The second-order valence-corrected chi connectivity index (χ2v) is 4.57. The fourth-order valence-electron chi connectivity index (χ4n) is 1.77. The third-order valence-corrected chi connectivity index (χ3v) is 2.74. The number of alkyl halides is 4. The number of hydrogen-bond donors (Lipinski definition) is 1. The van der Waals surface area contributed by atoms with E-state index in [1.165, 1.54) is 0 Å². The van der Waals surface area contributed by atoms with Crippen molar-refractivity contribution in [3.05, 3.63) is 57.6 Å². The Bertz CT molecular complexity index is 822. The third-order valence-electron chi connectivity index (χ3n) is 2.74. The first-order valence-electron chi connectivity index (χ1n) is 6.17. The summed E-state index contributed by atoms with van der Waals surface area (Å²) in [6.07, 6.45) is -2.11. The highest BCUT2D eigenvalue weighted by Gasteiger charge is 2.32. The number of nitrogens with one attached hydrogen (secondary N) is 1. The van der Waals surface area contributed by atoms with Gasteiger partial charge in [0.25, 0.3) is 17.9 Å². The summed E-state index contributed by atoms with van der Waals surface area (Å²) in [5.41, 5.74) is -2.64. The maximum absolute atomic E-state index is 13.5. The summed E-state index contributed by atoms with van der Waals surface area (Å²) < 4.78 is 57.6. The van der Waals surface area contributed by atoms with Crippen LogP contribution in [-0.2, 0) is 5.92 Å². The lowest BCUT2D eigenvalue weighted by Crippen LogP contribution is -2.19. The lowest BCUT2D eigenvalue weighted by molar-refractivity contribution is 0.0103. The number of rotatable bonds is 4. The van der Waals surface area contributed by atoms with Gasteiger partial charge in [0.05, 0.1) is 12.9 Å². The molecule has 0 saturated heterocycles. The number of hydrogen-bond acceptors (Lipinski definition) is 3. The molecule has 0 aliphatic rings. The van der Waals surface area contributed by atoms with Gasteiger partial charge in [-0.3, -0.25) is 4.79 Å². The molecule has 1 N–H and O–H groups in total. The van der Waals surface area contributed by atoms with Gasteiger partial charge in [-0.2, -0.15) is 8.78 Å². The van der Waals surface area contributed by atoms with Crippen molar-refractivity contribution in [1.82, 2.24) is 9.97 Å². The molecule has 0 spiro atoms.